The van der Waals surface area contributed by atoms with E-state index in [0.717, 1.165) is 0 Å². The summed E-state index contributed by atoms with van der Waals surface area (Å²) in [7, 11) is 0. The molecule has 0 radical (unpaired) electrons. The van der Waals surface area contributed by atoms with Gasteiger partial charge in [0.1, 0.15) is 5.75 Å². The number of nitrogens with one attached hydrogen (secondary N) is 1. The third-order valence-electron chi connectivity index (χ3n) is 2.88. The lowest BCUT2D eigenvalue weighted by Gasteiger charge is -2.06. The molecule has 2 rings (SSSR count). The zero-order valence-corrected chi connectivity index (χ0v) is 12.3. The van der Waals surface area contributed by atoms with Gasteiger partial charge in [0, 0.05) is 10.9 Å². The Morgan fingerprint density at radius 3 is 2.75 bits per heavy atom. The third-order valence-corrected chi connectivity index (χ3v) is 3.50. The van der Waals surface area contributed by atoms with Gasteiger partial charge in [-0.25, -0.2) is 0 Å². The molecule has 1 aromatic carbocycles. The van der Waals surface area contributed by atoms with E-state index in [1.165, 1.54) is 6.07 Å². The highest BCUT2D eigenvalue weighted by Crippen LogP contribution is 2.32. The first-order chi connectivity index (χ1) is 9.42. The van der Waals surface area contributed by atoms with Gasteiger partial charge < -0.3 is 9.72 Å². The number of fused-ring (bicyclic) bond motifs is 1. The quantitative estimate of drug-likeness (QED) is 0.632. The number of hydrogen-bond acceptors (Lipinski definition) is 2. The van der Waals surface area contributed by atoms with Crippen LogP contribution in [0.1, 0.15) is 23.8 Å². The number of ether oxygens (including phenoxy) is 1. The number of rotatable bonds is 5. The summed E-state index contributed by atoms with van der Waals surface area (Å²) in [5, 5.41) is 0.621. The van der Waals surface area contributed by atoms with Crippen LogP contribution in [0.15, 0.2) is 34.8 Å². The highest BCUT2D eigenvalue weighted by molar-refractivity contribution is 9.10. The molecule has 6 heteroatoms. The second-order valence-corrected chi connectivity index (χ2v) is 5.07. The summed E-state index contributed by atoms with van der Waals surface area (Å²) in [6.45, 7) is 2.63. The van der Waals surface area contributed by atoms with Crippen molar-refractivity contribution < 1.29 is 18.3 Å². The fraction of sp³-hybridized carbons (Fsp3) is 0.214. The molecule has 0 unspecified atom stereocenters. The van der Waals surface area contributed by atoms with Crippen molar-refractivity contribution >= 4 is 32.6 Å². The van der Waals surface area contributed by atoms with E-state index in [0.29, 0.717) is 33.1 Å². The van der Waals surface area contributed by atoms with E-state index in [-0.39, 0.29) is 11.5 Å². The number of H-pyrrole nitrogens is 1. The van der Waals surface area contributed by atoms with Gasteiger partial charge in [-0.05, 0) is 46.1 Å². The second-order valence-electron chi connectivity index (χ2n) is 4.22. The maximum Gasteiger partial charge on any atom is 0.387 e. The Bertz CT molecular complexity index is 679. The largest absolute Gasteiger partial charge is 0.434 e. The van der Waals surface area contributed by atoms with Gasteiger partial charge in [-0.2, -0.15) is 8.78 Å². The van der Waals surface area contributed by atoms with Gasteiger partial charge in [-0.3, -0.25) is 4.79 Å². The number of allylic oxidation sites excluding steroid dienone is 1. The molecule has 1 heterocycles. The molecule has 2 aromatic rings. The van der Waals surface area contributed by atoms with Crippen molar-refractivity contribution in [3.8, 4) is 5.75 Å². The topological polar surface area (TPSA) is 42.1 Å². The maximum atomic E-state index is 12.3. The van der Waals surface area contributed by atoms with Gasteiger partial charge in [0.25, 0.3) is 0 Å². The number of ketones is 1. The Labute approximate surface area is 122 Å². The number of Topliss-reactive ketones (excluding diaryl/α,β-unsaturated/α-hetero) is 1. The molecule has 0 aliphatic rings. The first kappa shape index (κ1) is 14.7. The van der Waals surface area contributed by atoms with Crippen LogP contribution >= 0.6 is 15.9 Å². The van der Waals surface area contributed by atoms with E-state index < -0.39 is 6.61 Å². The Morgan fingerprint density at radius 1 is 1.45 bits per heavy atom. The number of benzene rings is 1. The van der Waals surface area contributed by atoms with Crippen LogP contribution in [0.3, 0.4) is 0 Å². The van der Waals surface area contributed by atoms with E-state index in [1.807, 2.05) is 6.92 Å². The minimum absolute atomic E-state index is 0.0276. The van der Waals surface area contributed by atoms with E-state index >= 15 is 0 Å². The fourth-order valence-corrected chi connectivity index (χ4v) is 2.23. The lowest BCUT2D eigenvalue weighted by atomic mass is 10.1. The van der Waals surface area contributed by atoms with Crippen molar-refractivity contribution in [2.75, 3.05) is 0 Å². The Hall–Kier alpha value is -1.69. The fourth-order valence-electron chi connectivity index (χ4n) is 1.79. The van der Waals surface area contributed by atoms with Gasteiger partial charge in [-0.1, -0.05) is 13.5 Å². The predicted molar refractivity (Wildman–Crippen MR) is 76.4 cm³/mol. The standard InChI is InChI=1S/C14H12BrF2NO2/c1-3-7(2)13(19)11-4-8-5-12(20-14(16)17)9(15)6-10(8)18-11/h4-6,14,18H,2-3H2,1H3. The Balaban J connectivity index is 2.44. The average molecular weight is 344 g/mol. The number of aromatic nitrogens is 1. The zero-order chi connectivity index (χ0) is 14.9. The van der Waals surface area contributed by atoms with Gasteiger partial charge in [0.05, 0.1) is 10.2 Å². The van der Waals surface area contributed by atoms with Crippen molar-refractivity contribution in [2.45, 2.75) is 20.0 Å². The van der Waals surface area contributed by atoms with Crippen molar-refractivity contribution in [3.05, 3.63) is 40.5 Å². The monoisotopic (exact) mass is 343 g/mol. The van der Waals surface area contributed by atoms with Crippen LogP contribution in [0.4, 0.5) is 8.78 Å². The van der Waals surface area contributed by atoms with Crippen LogP contribution < -0.4 is 4.74 Å². The van der Waals surface area contributed by atoms with E-state index in [1.54, 1.807) is 12.1 Å². The van der Waals surface area contributed by atoms with Gasteiger partial charge in [0.2, 0.25) is 5.78 Å². The summed E-state index contributed by atoms with van der Waals surface area (Å²) < 4.78 is 29.3. The summed E-state index contributed by atoms with van der Waals surface area (Å²) in [4.78, 5) is 14.9. The molecule has 106 valence electrons. The van der Waals surface area contributed by atoms with Crippen molar-refractivity contribution in [1.29, 1.82) is 0 Å². The first-order valence-corrected chi connectivity index (χ1v) is 6.71. The van der Waals surface area contributed by atoms with Gasteiger partial charge in [0.15, 0.2) is 0 Å². The molecule has 0 atom stereocenters. The third kappa shape index (κ3) is 2.90. The van der Waals surface area contributed by atoms with Gasteiger partial charge in [-0.15, -0.1) is 0 Å². The molecule has 0 aliphatic carbocycles. The second kappa shape index (κ2) is 5.75. The molecule has 0 saturated carbocycles. The van der Waals surface area contributed by atoms with E-state index in [9.17, 15) is 13.6 Å². The SMILES string of the molecule is C=C(CC)C(=O)c1cc2cc(OC(F)F)c(Br)cc2[nH]1. The molecule has 0 aliphatic heterocycles. The van der Waals surface area contributed by atoms with Gasteiger partial charge >= 0.3 is 6.61 Å². The smallest absolute Gasteiger partial charge is 0.387 e. The molecule has 0 amide bonds. The lowest BCUT2D eigenvalue weighted by Crippen LogP contribution is -2.02. The number of carbonyl (C=O) groups excluding carboxylic acids is 1. The Morgan fingerprint density at radius 2 is 2.15 bits per heavy atom. The average Bonchev–Trinajstić information content (AvgIpc) is 2.79. The molecule has 1 aromatic heterocycles. The van der Waals surface area contributed by atoms with E-state index in [2.05, 4.69) is 32.2 Å². The molecule has 0 spiro atoms. The number of alkyl halides is 2. The number of hydrogen-bond donors (Lipinski definition) is 1. The number of halogens is 3. The summed E-state index contributed by atoms with van der Waals surface area (Å²) in [5.74, 6) is -0.157. The molecule has 0 fully saturated rings. The number of carbonyl (C=O) groups is 1. The van der Waals surface area contributed by atoms with Crippen LogP contribution in [-0.2, 0) is 0 Å². The van der Waals surface area contributed by atoms with Crippen molar-refractivity contribution in [1.82, 2.24) is 4.98 Å². The summed E-state index contributed by atoms with van der Waals surface area (Å²) in [5.41, 5.74) is 1.53. The molecular weight excluding hydrogens is 332 g/mol. The predicted octanol–water partition coefficient (Wildman–Crippen LogP) is 4.68. The minimum Gasteiger partial charge on any atom is -0.434 e. The molecule has 0 bridgehead atoms. The highest BCUT2D eigenvalue weighted by Gasteiger charge is 2.15. The normalized spacial score (nSPS) is 11.1. The Kier molecular flexibility index (Phi) is 4.23. The summed E-state index contributed by atoms with van der Waals surface area (Å²) in [6.07, 6.45) is 0.553. The van der Waals surface area contributed by atoms with E-state index in [4.69, 9.17) is 0 Å². The first-order valence-electron chi connectivity index (χ1n) is 5.92. The van der Waals surface area contributed by atoms with Crippen LogP contribution in [0.25, 0.3) is 10.9 Å². The van der Waals surface area contributed by atoms with Crippen molar-refractivity contribution in [3.63, 3.8) is 0 Å². The highest BCUT2D eigenvalue weighted by atomic mass is 79.9. The summed E-state index contributed by atoms with van der Waals surface area (Å²) >= 11 is 3.15. The molecule has 1 N–H and O–H groups in total. The molecule has 20 heavy (non-hydrogen) atoms. The van der Waals surface area contributed by atoms with Crippen LogP contribution in [0, 0.1) is 0 Å². The molecule has 3 nitrogen and oxygen atoms in total. The molecule has 0 saturated heterocycles. The lowest BCUT2D eigenvalue weighted by molar-refractivity contribution is -0.0502. The van der Waals surface area contributed by atoms with Crippen molar-refractivity contribution in [2.24, 2.45) is 0 Å². The summed E-state index contributed by atoms with van der Waals surface area (Å²) in [6, 6.07) is 4.65. The van der Waals surface area contributed by atoms with Crippen LogP contribution in [0.2, 0.25) is 0 Å². The van der Waals surface area contributed by atoms with Crippen LogP contribution in [0.5, 0.6) is 5.75 Å². The van der Waals surface area contributed by atoms with Crippen LogP contribution in [-0.4, -0.2) is 17.4 Å². The molecular formula is C14H12BrF2NO2. The maximum absolute atomic E-state index is 12.3. The zero-order valence-electron chi connectivity index (χ0n) is 10.7. The minimum atomic E-state index is -2.90. The number of aromatic amines is 1.